The molecule has 0 aromatic heterocycles. The molecule has 1 saturated heterocycles. The molecule has 2 amide bonds. The summed E-state index contributed by atoms with van der Waals surface area (Å²) in [5, 5.41) is 6.01. The fourth-order valence-electron chi connectivity index (χ4n) is 2.73. The molecule has 0 unspecified atom stereocenters. The lowest BCUT2D eigenvalue weighted by Crippen LogP contribution is -2.50. The first kappa shape index (κ1) is 17.9. The van der Waals surface area contributed by atoms with Gasteiger partial charge in [0.15, 0.2) is 0 Å². The molecule has 0 bridgehead atoms. The van der Waals surface area contributed by atoms with Gasteiger partial charge in [-0.15, -0.1) is 0 Å². The fraction of sp³-hybridized carbons (Fsp3) is 0.556. The average Bonchev–Trinajstić information content (AvgIpc) is 2.56. The van der Waals surface area contributed by atoms with Crippen LogP contribution >= 0.6 is 11.8 Å². The summed E-state index contributed by atoms with van der Waals surface area (Å²) in [5.41, 5.74) is 0.963. The summed E-state index contributed by atoms with van der Waals surface area (Å²) in [6.45, 7) is 2.03. The third kappa shape index (κ3) is 6.26. The van der Waals surface area contributed by atoms with Crippen LogP contribution in [-0.2, 0) is 16.0 Å². The van der Waals surface area contributed by atoms with Crippen molar-refractivity contribution in [2.75, 3.05) is 11.5 Å². The van der Waals surface area contributed by atoms with Crippen molar-refractivity contribution in [1.29, 1.82) is 0 Å². The molecule has 5 heteroatoms. The Morgan fingerprint density at radius 2 is 1.91 bits per heavy atom. The normalized spacial score (nSPS) is 16.6. The second-order valence-corrected chi connectivity index (χ2v) is 7.19. The quantitative estimate of drug-likeness (QED) is 0.805. The van der Waals surface area contributed by atoms with Crippen LogP contribution in [0, 0.1) is 0 Å². The van der Waals surface area contributed by atoms with Crippen molar-refractivity contribution in [2.24, 2.45) is 0 Å². The van der Waals surface area contributed by atoms with E-state index in [4.69, 9.17) is 0 Å². The van der Waals surface area contributed by atoms with E-state index in [1.807, 2.05) is 49.0 Å². The maximum absolute atomic E-state index is 12.5. The van der Waals surface area contributed by atoms with Crippen LogP contribution in [0.2, 0.25) is 0 Å². The zero-order valence-electron chi connectivity index (χ0n) is 13.7. The summed E-state index contributed by atoms with van der Waals surface area (Å²) in [5.74, 6) is 2.07. The van der Waals surface area contributed by atoms with Crippen LogP contribution in [0.3, 0.4) is 0 Å². The van der Waals surface area contributed by atoms with Crippen LogP contribution in [0.4, 0.5) is 0 Å². The van der Waals surface area contributed by atoms with Crippen molar-refractivity contribution in [3.8, 4) is 0 Å². The maximum Gasteiger partial charge on any atom is 0.242 e. The minimum atomic E-state index is -0.425. The number of hydrogen-bond donors (Lipinski definition) is 2. The Kier molecular flexibility index (Phi) is 7.46. The van der Waals surface area contributed by atoms with Crippen LogP contribution in [0.15, 0.2) is 30.3 Å². The van der Waals surface area contributed by atoms with Gasteiger partial charge < -0.3 is 10.6 Å². The van der Waals surface area contributed by atoms with Crippen molar-refractivity contribution in [2.45, 2.75) is 51.1 Å². The highest BCUT2D eigenvalue weighted by Gasteiger charge is 2.23. The van der Waals surface area contributed by atoms with Gasteiger partial charge in [0, 0.05) is 6.04 Å². The van der Waals surface area contributed by atoms with Crippen molar-refractivity contribution in [3.05, 3.63) is 35.9 Å². The topological polar surface area (TPSA) is 58.2 Å². The van der Waals surface area contributed by atoms with E-state index in [-0.39, 0.29) is 17.9 Å². The van der Waals surface area contributed by atoms with Crippen LogP contribution in [0.25, 0.3) is 0 Å². The molecule has 0 saturated carbocycles. The standard InChI is InChI=1S/C18H26N2O2S/c1-2-6-16(18(22)19-15-9-11-23-12-10-15)20-17(21)13-14-7-4-3-5-8-14/h3-5,7-8,15-16H,2,6,9-13H2,1H3,(H,19,22)(H,20,21)/t16-/m0/s1. The third-order valence-corrected chi connectivity index (χ3v) is 5.05. The Balaban J connectivity index is 1.86. The molecule has 23 heavy (non-hydrogen) atoms. The van der Waals surface area contributed by atoms with Gasteiger partial charge in [-0.05, 0) is 36.3 Å². The lowest BCUT2D eigenvalue weighted by atomic mass is 10.1. The Morgan fingerprint density at radius 1 is 1.22 bits per heavy atom. The SMILES string of the molecule is CCC[C@H](NC(=O)Cc1ccccc1)C(=O)NC1CCSCC1. The average molecular weight is 334 g/mol. The largest absolute Gasteiger partial charge is 0.352 e. The Hall–Kier alpha value is -1.49. The van der Waals surface area contributed by atoms with E-state index < -0.39 is 6.04 Å². The Morgan fingerprint density at radius 3 is 2.57 bits per heavy atom. The van der Waals surface area contributed by atoms with Crippen molar-refractivity contribution < 1.29 is 9.59 Å². The van der Waals surface area contributed by atoms with Gasteiger partial charge in [-0.1, -0.05) is 43.7 Å². The second-order valence-electron chi connectivity index (χ2n) is 5.97. The van der Waals surface area contributed by atoms with E-state index in [9.17, 15) is 9.59 Å². The zero-order chi connectivity index (χ0) is 16.5. The minimum absolute atomic E-state index is 0.0369. The number of carbonyl (C=O) groups excluding carboxylic acids is 2. The summed E-state index contributed by atoms with van der Waals surface area (Å²) in [6.07, 6.45) is 3.90. The van der Waals surface area contributed by atoms with Gasteiger partial charge in [-0.25, -0.2) is 0 Å². The van der Waals surface area contributed by atoms with E-state index in [1.165, 1.54) is 0 Å². The number of benzene rings is 1. The smallest absolute Gasteiger partial charge is 0.242 e. The molecule has 1 atom stereocenters. The lowest BCUT2D eigenvalue weighted by molar-refractivity contribution is -0.129. The van der Waals surface area contributed by atoms with Gasteiger partial charge in [0.25, 0.3) is 0 Å². The van der Waals surface area contributed by atoms with Crippen LogP contribution < -0.4 is 10.6 Å². The first-order valence-electron chi connectivity index (χ1n) is 8.40. The van der Waals surface area contributed by atoms with Crippen molar-refractivity contribution >= 4 is 23.6 Å². The molecular formula is C18H26N2O2S. The predicted molar refractivity (Wildman–Crippen MR) is 95.5 cm³/mol. The maximum atomic E-state index is 12.5. The van der Waals surface area contributed by atoms with Crippen molar-refractivity contribution in [3.63, 3.8) is 0 Å². The minimum Gasteiger partial charge on any atom is -0.352 e. The molecule has 1 aromatic carbocycles. The number of nitrogens with one attached hydrogen (secondary N) is 2. The van der Waals surface area contributed by atoms with Crippen LogP contribution in [0.5, 0.6) is 0 Å². The van der Waals surface area contributed by atoms with E-state index in [2.05, 4.69) is 10.6 Å². The van der Waals surface area contributed by atoms with Gasteiger partial charge in [0.2, 0.25) is 11.8 Å². The molecule has 1 fully saturated rings. The first-order chi connectivity index (χ1) is 11.2. The van der Waals surface area contributed by atoms with E-state index in [1.54, 1.807) is 0 Å². The first-order valence-corrected chi connectivity index (χ1v) is 9.56. The third-order valence-electron chi connectivity index (χ3n) is 4.00. The summed E-state index contributed by atoms with van der Waals surface area (Å²) >= 11 is 1.94. The number of carbonyl (C=O) groups is 2. The number of rotatable bonds is 7. The Bertz CT molecular complexity index is 501. The molecule has 1 heterocycles. The van der Waals surface area contributed by atoms with E-state index in [0.717, 1.165) is 36.3 Å². The molecule has 1 aliphatic heterocycles. The highest BCUT2D eigenvalue weighted by Crippen LogP contribution is 2.17. The highest BCUT2D eigenvalue weighted by atomic mass is 32.2. The molecule has 2 N–H and O–H groups in total. The molecule has 1 aliphatic rings. The molecule has 0 spiro atoms. The number of amides is 2. The summed E-state index contributed by atoms with van der Waals surface area (Å²) in [7, 11) is 0. The molecule has 126 valence electrons. The number of thioether (sulfide) groups is 1. The van der Waals surface area contributed by atoms with E-state index >= 15 is 0 Å². The number of hydrogen-bond acceptors (Lipinski definition) is 3. The summed E-state index contributed by atoms with van der Waals surface area (Å²) < 4.78 is 0. The van der Waals surface area contributed by atoms with Gasteiger partial charge in [0.05, 0.1) is 6.42 Å². The van der Waals surface area contributed by atoms with E-state index in [0.29, 0.717) is 12.8 Å². The van der Waals surface area contributed by atoms with Gasteiger partial charge in [0.1, 0.15) is 6.04 Å². The summed E-state index contributed by atoms with van der Waals surface area (Å²) in [4.78, 5) is 24.7. The Labute approximate surface area is 142 Å². The molecule has 1 aromatic rings. The van der Waals surface area contributed by atoms with Gasteiger partial charge in [-0.2, -0.15) is 11.8 Å². The molecule has 2 rings (SSSR count). The highest BCUT2D eigenvalue weighted by molar-refractivity contribution is 7.99. The van der Waals surface area contributed by atoms with Gasteiger partial charge in [-0.3, -0.25) is 9.59 Å². The second kappa shape index (κ2) is 9.60. The zero-order valence-corrected chi connectivity index (χ0v) is 14.5. The monoisotopic (exact) mass is 334 g/mol. The molecule has 0 aliphatic carbocycles. The van der Waals surface area contributed by atoms with Crippen molar-refractivity contribution in [1.82, 2.24) is 10.6 Å². The molecule has 0 radical (unpaired) electrons. The predicted octanol–water partition coefficient (Wildman–Crippen LogP) is 2.53. The fourth-order valence-corrected chi connectivity index (χ4v) is 3.83. The molecule has 4 nitrogen and oxygen atoms in total. The molecular weight excluding hydrogens is 308 g/mol. The van der Waals surface area contributed by atoms with Crippen LogP contribution in [0.1, 0.15) is 38.2 Å². The van der Waals surface area contributed by atoms with Gasteiger partial charge >= 0.3 is 0 Å². The lowest BCUT2D eigenvalue weighted by Gasteiger charge is -2.25. The summed E-state index contributed by atoms with van der Waals surface area (Å²) in [6, 6.07) is 9.44. The van der Waals surface area contributed by atoms with Crippen LogP contribution in [-0.4, -0.2) is 35.4 Å².